The summed E-state index contributed by atoms with van der Waals surface area (Å²) in [5, 5.41) is 3.69. The number of fused-ring (bicyclic) bond motifs is 1. The molecule has 1 aliphatic rings. The fourth-order valence-electron chi connectivity index (χ4n) is 2.07. The van der Waals surface area contributed by atoms with Gasteiger partial charge in [-0.2, -0.15) is 13.5 Å². The zero-order valence-corrected chi connectivity index (χ0v) is 12.7. The maximum atomic E-state index is 12.5. The lowest BCUT2D eigenvalue weighted by Crippen LogP contribution is -2.36. The lowest BCUT2D eigenvalue weighted by molar-refractivity contribution is -0.0537. The highest BCUT2D eigenvalue weighted by atomic mass is 19.3. The molecule has 1 amide bonds. The lowest BCUT2D eigenvalue weighted by atomic mass is 10.1. The molecule has 9 heteroatoms. The normalized spacial score (nSPS) is 15.0. The number of aromatic nitrogens is 2. The number of ether oxygens (including phenoxy) is 2. The average molecular weight is 317 g/mol. The molecule has 0 N–H and O–H groups in total. The van der Waals surface area contributed by atoms with Crippen LogP contribution < -0.4 is 4.74 Å². The molecular formula is C13H17F2N3O4. The van der Waals surface area contributed by atoms with E-state index in [0.29, 0.717) is 6.54 Å². The van der Waals surface area contributed by atoms with Crippen LogP contribution in [0.4, 0.5) is 13.6 Å². The summed E-state index contributed by atoms with van der Waals surface area (Å²) < 4.78 is 35.2. The summed E-state index contributed by atoms with van der Waals surface area (Å²) in [6.07, 6.45) is -0.554. The summed E-state index contributed by atoms with van der Waals surface area (Å²) in [7, 11) is 1.53. The van der Waals surface area contributed by atoms with Crippen molar-refractivity contribution in [3.05, 3.63) is 11.3 Å². The molecule has 22 heavy (non-hydrogen) atoms. The Hall–Kier alpha value is -2.19. The molecule has 0 atom stereocenters. The molecule has 0 saturated heterocycles. The van der Waals surface area contributed by atoms with Crippen LogP contribution in [0, 0.1) is 0 Å². The first kappa shape index (κ1) is 16.2. The van der Waals surface area contributed by atoms with Crippen LogP contribution in [0.15, 0.2) is 0 Å². The molecular weight excluding hydrogens is 300 g/mol. The van der Waals surface area contributed by atoms with Crippen LogP contribution in [0.25, 0.3) is 0 Å². The standard InChI is InChI=1S/C13H17F2N3O4/c1-13(2,3)22-12(20)18-7-5-6-17(4)10(19)8(7)9(16-18)21-11(14)15/h11H,5-6H2,1-4H3. The number of halogens is 2. The quantitative estimate of drug-likeness (QED) is 0.833. The lowest BCUT2D eigenvalue weighted by Gasteiger charge is -2.24. The highest BCUT2D eigenvalue weighted by Gasteiger charge is 2.35. The van der Waals surface area contributed by atoms with E-state index < -0.39 is 30.1 Å². The SMILES string of the molecule is CN1CCc2c(c(OC(F)F)nn2C(=O)OC(C)(C)C)C1=O. The number of alkyl halides is 2. The second-order valence-corrected chi connectivity index (χ2v) is 5.87. The van der Waals surface area contributed by atoms with Crippen LogP contribution in [-0.4, -0.2) is 52.5 Å². The number of carbonyl (C=O) groups is 2. The Kier molecular flexibility index (Phi) is 4.08. The molecule has 2 heterocycles. The van der Waals surface area contributed by atoms with Gasteiger partial charge in [-0.25, -0.2) is 4.79 Å². The maximum Gasteiger partial charge on any atom is 0.435 e. The monoisotopic (exact) mass is 317 g/mol. The Bertz CT molecular complexity index is 607. The van der Waals surface area contributed by atoms with Crippen LogP contribution in [-0.2, 0) is 11.2 Å². The summed E-state index contributed by atoms with van der Waals surface area (Å²) in [5.74, 6) is -1.08. The first-order valence-corrected chi connectivity index (χ1v) is 6.65. The minimum Gasteiger partial charge on any atom is -0.442 e. The van der Waals surface area contributed by atoms with Crippen LogP contribution in [0.3, 0.4) is 0 Å². The number of nitrogens with zero attached hydrogens (tertiary/aromatic N) is 3. The van der Waals surface area contributed by atoms with E-state index in [-0.39, 0.29) is 17.7 Å². The second kappa shape index (κ2) is 5.54. The predicted molar refractivity (Wildman–Crippen MR) is 71.2 cm³/mol. The van der Waals surface area contributed by atoms with Crippen molar-refractivity contribution < 1.29 is 27.8 Å². The molecule has 0 aliphatic carbocycles. The van der Waals surface area contributed by atoms with Gasteiger partial charge in [-0.1, -0.05) is 0 Å². The van der Waals surface area contributed by atoms with Gasteiger partial charge >= 0.3 is 12.7 Å². The molecule has 0 bridgehead atoms. The van der Waals surface area contributed by atoms with Crippen molar-refractivity contribution in [1.29, 1.82) is 0 Å². The summed E-state index contributed by atoms with van der Waals surface area (Å²) in [6, 6.07) is 0. The average Bonchev–Trinajstić information content (AvgIpc) is 2.70. The molecule has 0 fully saturated rings. The van der Waals surface area contributed by atoms with Crippen LogP contribution in [0.5, 0.6) is 5.88 Å². The van der Waals surface area contributed by atoms with E-state index in [9.17, 15) is 18.4 Å². The van der Waals surface area contributed by atoms with Gasteiger partial charge in [0.15, 0.2) is 0 Å². The number of likely N-dealkylation sites (N-methyl/N-ethyl adjacent to an activating group) is 1. The van der Waals surface area contributed by atoms with Gasteiger partial charge in [-0.3, -0.25) is 4.79 Å². The Morgan fingerprint density at radius 3 is 2.55 bits per heavy atom. The van der Waals surface area contributed by atoms with Crippen LogP contribution >= 0.6 is 0 Å². The topological polar surface area (TPSA) is 73.7 Å². The summed E-state index contributed by atoms with van der Waals surface area (Å²) in [4.78, 5) is 25.6. The largest absolute Gasteiger partial charge is 0.442 e. The first-order chi connectivity index (χ1) is 10.1. The molecule has 0 unspecified atom stereocenters. The van der Waals surface area contributed by atoms with E-state index in [4.69, 9.17) is 4.74 Å². The third-order valence-corrected chi connectivity index (χ3v) is 2.96. The number of hydrogen-bond donors (Lipinski definition) is 0. The molecule has 0 spiro atoms. The first-order valence-electron chi connectivity index (χ1n) is 6.65. The fraction of sp³-hybridized carbons (Fsp3) is 0.615. The van der Waals surface area contributed by atoms with Crippen molar-refractivity contribution in [1.82, 2.24) is 14.7 Å². The van der Waals surface area contributed by atoms with Gasteiger partial charge in [0.2, 0.25) is 0 Å². The zero-order valence-electron chi connectivity index (χ0n) is 12.7. The van der Waals surface area contributed by atoms with Crippen molar-refractivity contribution in [2.24, 2.45) is 0 Å². The van der Waals surface area contributed by atoms with Gasteiger partial charge in [0, 0.05) is 20.0 Å². The molecule has 122 valence electrons. The Morgan fingerprint density at radius 1 is 1.36 bits per heavy atom. The maximum absolute atomic E-state index is 12.5. The zero-order chi connectivity index (χ0) is 16.7. The van der Waals surface area contributed by atoms with E-state index in [1.54, 1.807) is 20.8 Å². The van der Waals surface area contributed by atoms with Gasteiger partial charge in [-0.15, -0.1) is 5.10 Å². The Morgan fingerprint density at radius 2 is 2.00 bits per heavy atom. The highest BCUT2D eigenvalue weighted by Crippen LogP contribution is 2.29. The van der Waals surface area contributed by atoms with Gasteiger partial charge in [-0.05, 0) is 20.8 Å². The predicted octanol–water partition coefficient (Wildman–Crippen LogP) is 1.90. The molecule has 1 aromatic heterocycles. The van der Waals surface area contributed by atoms with E-state index in [0.717, 1.165) is 4.68 Å². The number of carbonyl (C=O) groups excluding carboxylic acids is 2. The van der Waals surface area contributed by atoms with Crippen molar-refractivity contribution >= 4 is 12.0 Å². The van der Waals surface area contributed by atoms with E-state index in [2.05, 4.69) is 9.84 Å². The molecule has 1 aliphatic heterocycles. The van der Waals surface area contributed by atoms with Gasteiger partial charge < -0.3 is 14.4 Å². The Balaban J connectivity index is 2.46. The van der Waals surface area contributed by atoms with E-state index in [1.165, 1.54) is 11.9 Å². The van der Waals surface area contributed by atoms with Gasteiger partial charge in [0.1, 0.15) is 11.2 Å². The smallest absolute Gasteiger partial charge is 0.435 e. The molecule has 7 nitrogen and oxygen atoms in total. The Labute approximate surface area is 125 Å². The van der Waals surface area contributed by atoms with Crippen molar-refractivity contribution in [2.75, 3.05) is 13.6 Å². The van der Waals surface area contributed by atoms with Crippen molar-refractivity contribution in [3.63, 3.8) is 0 Å². The van der Waals surface area contributed by atoms with Crippen LogP contribution in [0.2, 0.25) is 0 Å². The highest BCUT2D eigenvalue weighted by molar-refractivity contribution is 5.99. The van der Waals surface area contributed by atoms with Crippen molar-refractivity contribution in [3.8, 4) is 5.88 Å². The van der Waals surface area contributed by atoms with Gasteiger partial charge in [0.25, 0.3) is 11.8 Å². The van der Waals surface area contributed by atoms with Crippen LogP contribution in [0.1, 0.15) is 36.8 Å². The summed E-state index contributed by atoms with van der Waals surface area (Å²) >= 11 is 0. The summed E-state index contributed by atoms with van der Waals surface area (Å²) in [6.45, 7) is 2.18. The molecule has 1 aromatic rings. The molecule has 0 saturated carbocycles. The minimum atomic E-state index is -3.15. The minimum absolute atomic E-state index is 0.125. The summed E-state index contributed by atoms with van der Waals surface area (Å²) in [5.41, 5.74) is -0.692. The molecule has 0 aromatic carbocycles. The van der Waals surface area contributed by atoms with Gasteiger partial charge in [0.05, 0.1) is 5.69 Å². The van der Waals surface area contributed by atoms with Crippen molar-refractivity contribution in [2.45, 2.75) is 39.4 Å². The number of rotatable bonds is 2. The third kappa shape index (κ3) is 3.18. The third-order valence-electron chi connectivity index (χ3n) is 2.96. The molecule has 2 rings (SSSR count). The molecule has 0 radical (unpaired) electrons. The fourth-order valence-corrected chi connectivity index (χ4v) is 2.07. The number of hydrogen-bond acceptors (Lipinski definition) is 5. The second-order valence-electron chi connectivity index (χ2n) is 5.87. The van der Waals surface area contributed by atoms with E-state index in [1.807, 2.05) is 0 Å². The van der Waals surface area contributed by atoms with E-state index >= 15 is 0 Å². The number of amides is 1.